The van der Waals surface area contributed by atoms with Crippen molar-refractivity contribution < 1.29 is 9.90 Å². The number of aliphatic hydroxyl groups excluding tert-OH is 1. The van der Waals surface area contributed by atoms with Crippen molar-refractivity contribution >= 4 is 5.78 Å². The Morgan fingerprint density at radius 2 is 1.96 bits per heavy atom. The Labute approximate surface area is 162 Å². The Morgan fingerprint density at radius 3 is 2.78 bits per heavy atom. The van der Waals surface area contributed by atoms with Gasteiger partial charge in [-0.05, 0) is 92.8 Å². The molecule has 4 aliphatic rings. The largest absolute Gasteiger partial charge is 0.393 e. The molecule has 0 radical (unpaired) electrons. The molecule has 0 amide bonds. The third kappa shape index (κ3) is 2.90. The first-order valence-corrected chi connectivity index (χ1v) is 11.2. The zero-order chi connectivity index (χ0) is 18.6. The van der Waals surface area contributed by atoms with Crippen LogP contribution >= 0.6 is 0 Å². The monoisotopic (exact) mass is 370 g/mol. The number of rotatable bonds is 3. The van der Waals surface area contributed by atoms with Gasteiger partial charge in [0.05, 0.1) is 19.0 Å². The Bertz CT molecular complexity index is 687. The van der Waals surface area contributed by atoms with Crippen molar-refractivity contribution in [2.45, 2.75) is 77.4 Å². The van der Waals surface area contributed by atoms with Crippen LogP contribution < -0.4 is 0 Å². The highest BCUT2D eigenvalue weighted by Gasteiger charge is 2.58. The summed E-state index contributed by atoms with van der Waals surface area (Å²) >= 11 is 0. The SMILES string of the molecule is CC12CCC3C4CCC(O)CC4CCC3C1CCC2C(=O)Cn1ccnc1. The van der Waals surface area contributed by atoms with Gasteiger partial charge >= 0.3 is 0 Å². The Balaban J connectivity index is 1.33. The van der Waals surface area contributed by atoms with Gasteiger partial charge in [-0.2, -0.15) is 0 Å². The molecule has 0 aliphatic heterocycles. The summed E-state index contributed by atoms with van der Waals surface area (Å²) in [6, 6.07) is 0. The van der Waals surface area contributed by atoms with Gasteiger partial charge < -0.3 is 9.67 Å². The van der Waals surface area contributed by atoms with Crippen molar-refractivity contribution in [3.8, 4) is 0 Å². The van der Waals surface area contributed by atoms with Gasteiger partial charge in [0.25, 0.3) is 0 Å². The zero-order valence-electron chi connectivity index (χ0n) is 16.6. The van der Waals surface area contributed by atoms with Gasteiger partial charge in [-0.1, -0.05) is 6.92 Å². The molecule has 5 rings (SSSR count). The average Bonchev–Trinajstić information content (AvgIpc) is 3.28. The number of aromatic nitrogens is 2. The molecular weight excluding hydrogens is 336 g/mol. The lowest BCUT2D eigenvalue weighted by Gasteiger charge is -2.56. The molecule has 4 aliphatic carbocycles. The lowest BCUT2D eigenvalue weighted by atomic mass is 9.49. The third-order valence-corrected chi connectivity index (χ3v) is 9.21. The molecule has 1 aromatic heterocycles. The molecule has 0 aromatic carbocycles. The minimum absolute atomic E-state index is 0.0479. The summed E-state index contributed by atoms with van der Waals surface area (Å²) in [5.74, 6) is 4.68. The van der Waals surface area contributed by atoms with Crippen LogP contribution in [0.4, 0.5) is 0 Å². The first-order valence-electron chi connectivity index (χ1n) is 11.2. The highest BCUT2D eigenvalue weighted by molar-refractivity contribution is 5.82. The topological polar surface area (TPSA) is 55.1 Å². The van der Waals surface area contributed by atoms with Crippen LogP contribution in [0.15, 0.2) is 18.7 Å². The van der Waals surface area contributed by atoms with Crippen LogP contribution in [0.3, 0.4) is 0 Å². The van der Waals surface area contributed by atoms with Gasteiger partial charge in [0, 0.05) is 18.3 Å². The van der Waals surface area contributed by atoms with Crippen LogP contribution in [0.1, 0.15) is 64.7 Å². The summed E-state index contributed by atoms with van der Waals surface area (Å²) in [6.07, 6.45) is 16.2. The van der Waals surface area contributed by atoms with E-state index in [-0.39, 0.29) is 17.4 Å². The number of hydrogen-bond donors (Lipinski definition) is 1. The number of nitrogens with zero attached hydrogens (tertiary/aromatic N) is 2. The molecule has 8 atom stereocenters. The van der Waals surface area contributed by atoms with E-state index in [0.29, 0.717) is 12.3 Å². The van der Waals surface area contributed by atoms with Crippen LogP contribution in [0.2, 0.25) is 0 Å². The van der Waals surface area contributed by atoms with E-state index in [0.717, 1.165) is 48.9 Å². The van der Waals surface area contributed by atoms with Crippen LogP contribution in [-0.4, -0.2) is 26.5 Å². The quantitative estimate of drug-likeness (QED) is 0.872. The molecule has 1 heterocycles. The molecule has 4 fully saturated rings. The first-order chi connectivity index (χ1) is 13.1. The van der Waals surface area contributed by atoms with Gasteiger partial charge in [-0.25, -0.2) is 4.98 Å². The van der Waals surface area contributed by atoms with Gasteiger partial charge in [-0.15, -0.1) is 0 Å². The lowest BCUT2D eigenvalue weighted by molar-refractivity contribution is -0.131. The Hall–Kier alpha value is -1.16. The van der Waals surface area contributed by atoms with Crippen LogP contribution in [0.25, 0.3) is 0 Å². The fourth-order valence-corrected chi connectivity index (χ4v) is 8.03. The molecule has 0 saturated heterocycles. The summed E-state index contributed by atoms with van der Waals surface area (Å²) in [6.45, 7) is 2.93. The maximum absolute atomic E-state index is 13.1. The number of ketones is 1. The van der Waals surface area contributed by atoms with E-state index >= 15 is 0 Å². The van der Waals surface area contributed by atoms with Crippen molar-refractivity contribution in [1.29, 1.82) is 0 Å². The predicted octanol–water partition coefficient (Wildman–Crippen LogP) is 4.08. The molecule has 1 N–H and O–H groups in total. The van der Waals surface area contributed by atoms with Gasteiger partial charge in [0.2, 0.25) is 0 Å². The summed E-state index contributed by atoms with van der Waals surface area (Å²) in [4.78, 5) is 17.2. The molecule has 0 bridgehead atoms. The molecular formula is C23H34N2O2. The average molecular weight is 371 g/mol. The molecule has 4 nitrogen and oxygen atoms in total. The molecule has 4 saturated carbocycles. The second-order valence-corrected chi connectivity index (χ2v) is 10.3. The minimum atomic E-state index is -0.0479. The van der Waals surface area contributed by atoms with Crippen molar-refractivity contribution in [3.63, 3.8) is 0 Å². The molecule has 0 spiro atoms. The maximum Gasteiger partial charge on any atom is 0.156 e. The highest BCUT2D eigenvalue weighted by atomic mass is 16.3. The maximum atomic E-state index is 13.1. The molecule has 27 heavy (non-hydrogen) atoms. The zero-order valence-corrected chi connectivity index (χ0v) is 16.6. The lowest BCUT2D eigenvalue weighted by Crippen LogP contribution is -2.49. The van der Waals surface area contributed by atoms with Crippen molar-refractivity contribution in [1.82, 2.24) is 9.55 Å². The van der Waals surface area contributed by atoms with Gasteiger partial charge in [0.1, 0.15) is 0 Å². The summed E-state index contributed by atoms with van der Waals surface area (Å²) in [5.41, 5.74) is 0.208. The third-order valence-electron chi connectivity index (χ3n) is 9.21. The minimum Gasteiger partial charge on any atom is -0.393 e. The Kier molecular flexibility index (Phi) is 4.46. The molecule has 4 heteroatoms. The number of carbonyl (C=O) groups is 1. The Morgan fingerprint density at radius 1 is 1.11 bits per heavy atom. The van der Waals surface area contributed by atoms with Crippen LogP contribution in [0.5, 0.6) is 0 Å². The number of imidazole rings is 1. The number of hydrogen-bond acceptors (Lipinski definition) is 3. The second-order valence-electron chi connectivity index (χ2n) is 10.3. The van der Waals surface area contributed by atoms with E-state index in [4.69, 9.17) is 0 Å². The van der Waals surface area contributed by atoms with Gasteiger partial charge in [0.15, 0.2) is 5.78 Å². The number of carbonyl (C=O) groups excluding carboxylic acids is 1. The number of Topliss-reactive ketones (excluding diaryl/α,β-unsaturated/α-hetero) is 1. The number of fused-ring (bicyclic) bond motifs is 5. The predicted molar refractivity (Wildman–Crippen MR) is 104 cm³/mol. The van der Waals surface area contributed by atoms with Crippen molar-refractivity contribution in [3.05, 3.63) is 18.7 Å². The van der Waals surface area contributed by atoms with E-state index in [1.165, 1.54) is 38.5 Å². The van der Waals surface area contributed by atoms with Crippen molar-refractivity contribution in [2.75, 3.05) is 0 Å². The van der Waals surface area contributed by atoms with E-state index in [1.807, 2.05) is 10.8 Å². The summed E-state index contributed by atoms with van der Waals surface area (Å²) in [7, 11) is 0. The van der Waals surface area contributed by atoms with E-state index in [9.17, 15) is 9.90 Å². The highest BCUT2D eigenvalue weighted by Crippen LogP contribution is 2.64. The summed E-state index contributed by atoms with van der Waals surface area (Å²) < 4.78 is 1.93. The fourth-order valence-electron chi connectivity index (χ4n) is 8.03. The van der Waals surface area contributed by atoms with Gasteiger partial charge in [-0.3, -0.25) is 4.79 Å². The molecule has 1 aromatic rings. The molecule has 8 unspecified atom stereocenters. The standard InChI is InChI=1S/C23H34N2O2/c1-23-9-8-18-17-5-3-16(26)12-15(17)2-4-19(18)20(23)6-7-21(23)22(27)13-25-11-10-24-14-25/h10-11,14-21,26H,2-9,12-13H2,1H3. The fraction of sp³-hybridized carbons (Fsp3) is 0.826. The van der Waals surface area contributed by atoms with E-state index in [1.54, 1.807) is 12.5 Å². The smallest absolute Gasteiger partial charge is 0.156 e. The number of aliphatic hydroxyl groups is 1. The van der Waals surface area contributed by atoms with Crippen LogP contribution in [0, 0.1) is 40.9 Å². The first kappa shape index (κ1) is 17.9. The van der Waals surface area contributed by atoms with E-state index < -0.39 is 0 Å². The second kappa shape index (κ2) is 6.72. The summed E-state index contributed by atoms with van der Waals surface area (Å²) in [5, 5.41) is 10.1. The van der Waals surface area contributed by atoms with E-state index in [2.05, 4.69) is 11.9 Å². The normalized spacial score (nSPS) is 46.4. The van der Waals surface area contributed by atoms with Crippen molar-refractivity contribution in [2.24, 2.45) is 40.9 Å². The van der Waals surface area contributed by atoms with Crippen LogP contribution in [-0.2, 0) is 11.3 Å². The molecule has 148 valence electrons.